The van der Waals surface area contributed by atoms with Gasteiger partial charge in [-0.3, -0.25) is 4.79 Å². The molecule has 0 unspecified atom stereocenters. The first-order valence-electron chi connectivity index (χ1n) is 7.83. The maximum Gasteiger partial charge on any atom is 0.227 e. The highest BCUT2D eigenvalue weighted by Gasteiger charge is 2.39. The van der Waals surface area contributed by atoms with Crippen LogP contribution in [-0.2, 0) is 16.6 Å². The highest BCUT2D eigenvalue weighted by atomic mass is 35.5. The SMILES string of the molecule is CC1(C)CN(C(=O)CCc2ccccc2N)c2cccc(Cl)c21.Cl. The minimum absolute atomic E-state index is 0. The molecule has 24 heavy (non-hydrogen) atoms. The molecular weight excluding hydrogens is 343 g/mol. The van der Waals surface area contributed by atoms with Gasteiger partial charge in [0.2, 0.25) is 5.91 Å². The van der Waals surface area contributed by atoms with E-state index in [9.17, 15) is 4.79 Å². The summed E-state index contributed by atoms with van der Waals surface area (Å²) in [5, 5.41) is 0.732. The Bertz CT molecular complexity index is 759. The van der Waals surface area contributed by atoms with E-state index in [4.69, 9.17) is 17.3 Å². The highest BCUT2D eigenvalue weighted by Crippen LogP contribution is 2.44. The lowest BCUT2D eigenvalue weighted by Crippen LogP contribution is -2.34. The van der Waals surface area contributed by atoms with Crippen molar-refractivity contribution in [3.05, 3.63) is 58.6 Å². The fourth-order valence-corrected chi connectivity index (χ4v) is 3.75. The number of para-hydroxylation sites is 1. The molecule has 0 fully saturated rings. The predicted molar refractivity (Wildman–Crippen MR) is 103 cm³/mol. The third-order valence-electron chi connectivity index (χ3n) is 4.48. The fourth-order valence-electron chi connectivity index (χ4n) is 3.33. The molecule has 3 nitrogen and oxygen atoms in total. The van der Waals surface area contributed by atoms with Crippen LogP contribution >= 0.6 is 24.0 Å². The minimum Gasteiger partial charge on any atom is -0.399 e. The van der Waals surface area contributed by atoms with Crippen LogP contribution in [0.4, 0.5) is 11.4 Å². The molecule has 0 saturated heterocycles. The molecule has 3 rings (SSSR count). The number of hydrogen-bond donors (Lipinski definition) is 1. The van der Waals surface area contributed by atoms with Crippen LogP contribution < -0.4 is 10.6 Å². The first-order valence-corrected chi connectivity index (χ1v) is 8.21. The lowest BCUT2D eigenvalue weighted by molar-refractivity contribution is -0.118. The van der Waals surface area contributed by atoms with E-state index >= 15 is 0 Å². The molecule has 2 aromatic carbocycles. The summed E-state index contributed by atoms with van der Waals surface area (Å²) in [6.45, 7) is 4.91. The zero-order chi connectivity index (χ0) is 16.6. The summed E-state index contributed by atoms with van der Waals surface area (Å²) in [6.07, 6.45) is 1.09. The third-order valence-corrected chi connectivity index (χ3v) is 4.79. The van der Waals surface area contributed by atoms with Crippen LogP contribution in [0, 0.1) is 0 Å². The summed E-state index contributed by atoms with van der Waals surface area (Å²) >= 11 is 6.36. The molecule has 128 valence electrons. The second-order valence-electron chi connectivity index (χ2n) is 6.70. The van der Waals surface area contributed by atoms with Gasteiger partial charge < -0.3 is 10.6 Å². The number of hydrogen-bond acceptors (Lipinski definition) is 2. The molecule has 2 N–H and O–H groups in total. The maximum atomic E-state index is 12.7. The molecule has 0 spiro atoms. The van der Waals surface area contributed by atoms with Gasteiger partial charge in [-0.25, -0.2) is 0 Å². The number of carbonyl (C=O) groups excluding carboxylic acids is 1. The van der Waals surface area contributed by atoms with E-state index in [1.807, 2.05) is 47.4 Å². The van der Waals surface area contributed by atoms with Crippen molar-refractivity contribution < 1.29 is 4.79 Å². The predicted octanol–water partition coefficient (Wildman–Crippen LogP) is 4.60. The van der Waals surface area contributed by atoms with Gasteiger partial charge in [0.25, 0.3) is 0 Å². The molecule has 0 radical (unpaired) electrons. The molecule has 0 atom stereocenters. The number of benzene rings is 2. The molecule has 5 heteroatoms. The van der Waals surface area contributed by atoms with E-state index in [0.29, 0.717) is 19.4 Å². The normalized spacial score (nSPS) is 14.9. The second-order valence-corrected chi connectivity index (χ2v) is 7.10. The molecule has 0 aromatic heterocycles. The first kappa shape index (κ1) is 18.6. The quantitative estimate of drug-likeness (QED) is 0.808. The van der Waals surface area contributed by atoms with Crippen LogP contribution in [0.3, 0.4) is 0 Å². The van der Waals surface area contributed by atoms with E-state index in [1.54, 1.807) is 0 Å². The van der Waals surface area contributed by atoms with Gasteiger partial charge in [0.1, 0.15) is 0 Å². The van der Waals surface area contributed by atoms with Gasteiger partial charge in [-0.15, -0.1) is 12.4 Å². The maximum absolute atomic E-state index is 12.7. The Morgan fingerprint density at radius 3 is 2.62 bits per heavy atom. The van der Waals surface area contributed by atoms with E-state index in [1.165, 1.54) is 0 Å². The van der Waals surface area contributed by atoms with Gasteiger partial charge in [-0.2, -0.15) is 0 Å². The summed E-state index contributed by atoms with van der Waals surface area (Å²) in [5.41, 5.74) is 9.59. The summed E-state index contributed by atoms with van der Waals surface area (Å²) < 4.78 is 0. The third kappa shape index (κ3) is 3.38. The second kappa shape index (κ2) is 7.04. The topological polar surface area (TPSA) is 46.3 Å². The van der Waals surface area contributed by atoms with Gasteiger partial charge >= 0.3 is 0 Å². The summed E-state index contributed by atoms with van der Waals surface area (Å²) in [7, 11) is 0. The zero-order valence-electron chi connectivity index (χ0n) is 13.9. The number of carbonyl (C=O) groups is 1. The molecule has 1 aliphatic rings. The Balaban J connectivity index is 0.00000208. The van der Waals surface area contributed by atoms with E-state index in [2.05, 4.69) is 13.8 Å². The van der Waals surface area contributed by atoms with Gasteiger partial charge in [0.15, 0.2) is 0 Å². The lowest BCUT2D eigenvalue weighted by Gasteiger charge is -2.21. The molecule has 1 amide bonds. The number of nitrogen functional groups attached to an aromatic ring is 1. The summed E-state index contributed by atoms with van der Waals surface area (Å²) in [5.74, 6) is 0.113. The highest BCUT2D eigenvalue weighted by molar-refractivity contribution is 6.32. The number of anilines is 2. The van der Waals surface area contributed by atoms with Gasteiger partial charge in [0.05, 0.1) is 0 Å². The van der Waals surface area contributed by atoms with Crippen molar-refractivity contribution in [1.82, 2.24) is 0 Å². The van der Waals surface area contributed by atoms with Gasteiger partial charge in [-0.05, 0) is 30.2 Å². The van der Waals surface area contributed by atoms with Crippen molar-refractivity contribution in [3.63, 3.8) is 0 Å². The molecule has 1 aliphatic heterocycles. The number of nitrogens with zero attached hydrogens (tertiary/aromatic N) is 1. The molecular formula is C19H22Cl2N2O. The molecule has 1 heterocycles. The van der Waals surface area contributed by atoms with Crippen molar-refractivity contribution >= 4 is 41.3 Å². The van der Waals surface area contributed by atoms with E-state index in [0.717, 1.165) is 27.5 Å². The number of amides is 1. The van der Waals surface area contributed by atoms with Crippen LogP contribution in [0.15, 0.2) is 42.5 Å². The largest absolute Gasteiger partial charge is 0.399 e. The van der Waals surface area contributed by atoms with Crippen LogP contribution in [0.1, 0.15) is 31.4 Å². The van der Waals surface area contributed by atoms with Gasteiger partial charge in [-0.1, -0.05) is 49.7 Å². The van der Waals surface area contributed by atoms with Crippen LogP contribution in [-0.4, -0.2) is 12.5 Å². The number of aryl methyl sites for hydroxylation is 1. The summed E-state index contributed by atoms with van der Waals surface area (Å²) in [4.78, 5) is 14.6. The Morgan fingerprint density at radius 2 is 1.92 bits per heavy atom. The molecule has 0 saturated carbocycles. The molecule has 0 bridgehead atoms. The van der Waals surface area contributed by atoms with Crippen LogP contribution in [0.5, 0.6) is 0 Å². The fraction of sp³-hybridized carbons (Fsp3) is 0.316. The number of fused-ring (bicyclic) bond motifs is 1. The van der Waals surface area contributed by atoms with E-state index in [-0.39, 0.29) is 23.7 Å². The van der Waals surface area contributed by atoms with Crippen molar-refractivity contribution in [2.75, 3.05) is 17.2 Å². The molecule has 0 aliphatic carbocycles. The standard InChI is InChI=1S/C19H21ClN2O.ClH/c1-19(2)12-22(16-9-5-7-14(20)18(16)19)17(23)11-10-13-6-3-4-8-15(13)21;/h3-9H,10-12,21H2,1-2H3;1H. The van der Waals surface area contributed by atoms with Crippen molar-refractivity contribution in [3.8, 4) is 0 Å². The van der Waals surface area contributed by atoms with Gasteiger partial charge in [0, 0.05) is 40.3 Å². The average molecular weight is 365 g/mol. The van der Waals surface area contributed by atoms with Crippen LogP contribution in [0.2, 0.25) is 5.02 Å². The van der Waals surface area contributed by atoms with Crippen molar-refractivity contribution in [2.24, 2.45) is 0 Å². The van der Waals surface area contributed by atoms with Crippen molar-refractivity contribution in [2.45, 2.75) is 32.1 Å². The minimum atomic E-state index is -0.130. The summed E-state index contributed by atoms with van der Waals surface area (Å²) in [6, 6.07) is 13.5. The van der Waals surface area contributed by atoms with Crippen molar-refractivity contribution in [1.29, 1.82) is 0 Å². The van der Waals surface area contributed by atoms with E-state index < -0.39 is 0 Å². The number of nitrogens with two attached hydrogens (primary N) is 1. The molecule has 2 aromatic rings. The zero-order valence-corrected chi connectivity index (χ0v) is 15.5. The average Bonchev–Trinajstić information content (AvgIpc) is 2.79. The monoisotopic (exact) mass is 364 g/mol. The first-order chi connectivity index (χ1) is 10.9. The smallest absolute Gasteiger partial charge is 0.227 e. The lowest BCUT2D eigenvalue weighted by atomic mass is 9.87. The Morgan fingerprint density at radius 1 is 1.21 bits per heavy atom. The Hall–Kier alpha value is -1.71. The van der Waals surface area contributed by atoms with Crippen LogP contribution in [0.25, 0.3) is 0 Å². The Labute approximate surface area is 154 Å². The Kier molecular flexibility index (Phi) is 5.46. The number of rotatable bonds is 3. The number of halogens is 2.